The van der Waals surface area contributed by atoms with Crippen molar-refractivity contribution in [1.29, 1.82) is 0 Å². The third kappa shape index (κ3) is 1.68. The molecule has 1 fully saturated rings. The van der Waals surface area contributed by atoms with Gasteiger partial charge in [-0.05, 0) is 19.3 Å². The first-order valence-corrected chi connectivity index (χ1v) is 3.75. The molecule has 0 bridgehead atoms. The zero-order chi connectivity index (χ0) is 7.56. The fourth-order valence-corrected chi connectivity index (χ4v) is 1.16. The van der Waals surface area contributed by atoms with Gasteiger partial charge < -0.3 is 14.9 Å². The number of rotatable bonds is 1. The molecule has 60 valence electrons. The molecule has 1 heterocycles. The van der Waals surface area contributed by atoms with Crippen LogP contribution < -0.4 is 0 Å². The van der Waals surface area contributed by atoms with Crippen LogP contribution in [0.3, 0.4) is 0 Å². The number of aliphatic hydroxyl groups is 2. The lowest BCUT2D eigenvalue weighted by atomic mass is 10.0. The fourth-order valence-electron chi connectivity index (χ4n) is 1.16. The van der Waals surface area contributed by atoms with Crippen molar-refractivity contribution in [3.8, 4) is 0 Å². The predicted octanol–water partition coefficient (Wildman–Crippen LogP) is 0.255. The highest BCUT2D eigenvalue weighted by atomic mass is 16.6. The molecule has 3 atom stereocenters. The van der Waals surface area contributed by atoms with Gasteiger partial charge >= 0.3 is 0 Å². The van der Waals surface area contributed by atoms with E-state index in [4.69, 9.17) is 14.9 Å². The highest BCUT2D eigenvalue weighted by Crippen LogP contribution is 2.19. The smallest absolute Gasteiger partial charge is 0.181 e. The van der Waals surface area contributed by atoms with Gasteiger partial charge in [0, 0.05) is 0 Å². The Labute approximate surface area is 60.6 Å². The van der Waals surface area contributed by atoms with Crippen LogP contribution >= 0.6 is 0 Å². The van der Waals surface area contributed by atoms with Crippen LogP contribution in [-0.4, -0.2) is 28.7 Å². The van der Waals surface area contributed by atoms with Crippen molar-refractivity contribution in [3.05, 3.63) is 0 Å². The van der Waals surface area contributed by atoms with Crippen molar-refractivity contribution in [2.75, 3.05) is 0 Å². The summed E-state index contributed by atoms with van der Waals surface area (Å²) in [5.41, 5.74) is 0. The van der Waals surface area contributed by atoms with Crippen LogP contribution in [-0.2, 0) is 4.74 Å². The van der Waals surface area contributed by atoms with E-state index < -0.39 is 12.4 Å². The van der Waals surface area contributed by atoms with Gasteiger partial charge in [-0.25, -0.2) is 0 Å². The molecule has 3 heteroatoms. The van der Waals surface area contributed by atoms with E-state index in [9.17, 15) is 0 Å². The molecular weight excluding hydrogens is 132 g/mol. The predicted molar refractivity (Wildman–Crippen MR) is 36.4 cm³/mol. The molecular formula is C7H14O3. The van der Waals surface area contributed by atoms with Crippen LogP contribution in [0, 0.1) is 0 Å². The molecule has 3 nitrogen and oxygen atoms in total. The average Bonchev–Trinajstić information content (AvgIpc) is 1.95. The van der Waals surface area contributed by atoms with Gasteiger partial charge in [-0.2, -0.15) is 0 Å². The second kappa shape index (κ2) is 3.32. The number of ether oxygens (including phenoxy) is 1. The first kappa shape index (κ1) is 7.98. The Balaban J connectivity index is 2.33. The summed E-state index contributed by atoms with van der Waals surface area (Å²) in [5, 5.41) is 18.0. The molecule has 10 heavy (non-hydrogen) atoms. The van der Waals surface area contributed by atoms with Gasteiger partial charge in [-0.1, -0.05) is 6.92 Å². The number of hydrogen-bond acceptors (Lipinski definition) is 3. The van der Waals surface area contributed by atoms with E-state index in [0.717, 1.165) is 12.8 Å². The zero-order valence-electron chi connectivity index (χ0n) is 6.16. The third-order valence-electron chi connectivity index (χ3n) is 1.90. The summed E-state index contributed by atoms with van der Waals surface area (Å²) in [6.07, 6.45) is 0.915. The van der Waals surface area contributed by atoms with E-state index in [1.807, 2.05) is 6.92 Å². The SMILES string of the molecule is CC[C@@H]1CC[C@H](O)C(O)O1. The van der Waals surface area contributed by atoms with Gasteiger partial charge in [-0.15, -0.1) is 0 Å². The fraction of sp³-hybridized carbons (Fsp3) is 1.00. The molecule has 1 aliphatic rings. The quantitative estimate of drug-likeness (QED) is 0.557. The molecule has 0 aromatic rings. The normalized spacial score (nSPS) is 41.7. The highest BCUT2D eigenvalue weighted by molar-refractivity contribution is 4.70. The minimum absolute atomic E-state index is 0.137. The first-order valence-electron chi connectivity index (χ1n) is 3.75. The van der Waals surface area contributed by atoms with Crippen LogP contribution in [0.5, 0.6) is 0 Å². The molecule has 0 spiro atoms. The molecule has 1 rings (SSSR count). The first-order chi connectivity index (χ1) is 4.74. The molecule has 0 saturated carbocycles. The second-order valence-corrected chi connectivity index (χ2v) is 2.70. The summed E-state index contributed by atoms with van der Waals surface area (Å²) in [6.45, 7) is 2.01. The Morgan fingerprint density at radius 3 is 2.60 bits per heavy atom. The monoisotopic (exact) mass is 146 g/mol. The lowest BCUT2D eigenvalue weighted by Gasteiger charge is -2.29. The van der Waals surface area contributed by atoms with Gasteiger partial charge in [0.15, 0.2) is 6.29 Å². The maximum Gasteiger partial charge on any atom is 0.181 e. The topological polar surface area (TPSA) is 49.7 Å². The summed E-state index contributed by atoms with van der Waals surface area (Å²) in [7, 11) is 0. The Bertz CT molecular complexity index is 105. The zero-order valence-corrected chi connectivity index (χ0v) is 6.16. The minimum atomic E-state index is -0.960. The molecule has 0 aromatic carbocycles. The van der Waals surface area contributed by atoms with E-state index >= 15 is 0 Å². The Hall–Kier alpha value is -0.120. The summed E-state index contributed by atoms with van der Waals surface area (Å²) in [6, 6.07) is 0. The molecule has 0 aliphatic carbocycles. The molecule has 1 aliphatic heterocycles. The van der Waals surface area contributed by atoms with Crippen LogP contribution in [0.4, 0.5) is 0 Å². The summed E-state index contributed by atoms with van der Waals surface area (Å²) in [4.78, 5) is 0. The van der Waals surface area contributed by atoms with Gasteiger partial charge in [0.25, 0.3) is 0 Å². The standard InChI is InChI=1S/C7H14O3/c1-2-5-3-4-6(8)7(9)10-5/h5-9H,2-4H2,1H3/t5-,6+,7?/m1/s1. The number of aliphatic hydroxyl groups excluding tert-OH is 2. The van der Waals surface area contributed by atoms with E-state index in [0.29, 0.717) is 6.42 Å². The van der Waals surface area contributed by atoms with Crippen molar-refractivity contribution in [2.45, 2.75) is 44.7 Å². The lowest BCUT2D eigenvalue weighted by molar-refractivity contribution is -0.215. The van der Waals surface area contributed by atoms with Crippen molar-refractivity contribution in [2.24, 2.45) is 0 Å². The van der Waals surface area contributed by atoms with Gasteiger partial charge in [0.2, 0.25) is 0 Å². The van der Waals surface area contributed by atoms with Gasteiger partial charge in [0.05, 0.1) is 6.10 Å². The maximum absolute atomic E-state index is 9.02. The summed E-state index contributed by atoms with van der Waals surface area (Å²) < 4.78 is 5.05. The maximum atomic E-state index is 9.02. The van der Waals surface area contributed by atoms with Crippen molar-refractivity contribution >= 4 is 0 Å². The largest absolute Gasteiger partial charge is 0.388 e. The van der Waals surface area contributed by atoms with Crippen LogP contribution in [0.25, 0.3) is 0 Å². The third-order valence-corrected chi connectivity index (χ3v) is 1.90. The Morgan fingerprint density at radius 2 is 2.10 bits per heavy atom. The van der Waals surface area contributed by atoms with Crippen molar-refractivity contribution < 1.29 is 14.9 Å². The van der Waals surface area contributed by atoms with E-state index in [1.54, 1.807) is 0 Å². The van der Waals surface area contributed by atoms with E-state index in [-0.39, 0.29) is 6.10 Å². The van der Waals surface area contributed by atoms with Gasteiger partial charge in [-0.3, -0.25) is 0 Å². The minimum Gasteiger partial charge on any atom is -0.388 e. The van der Waals surface area contributed by atoms with Gasteiger partial charge in [0.1, 0.15) is 6.10 Å². The number of hydrogen-bond donors (Lipinski definition) is 2. The molecule has 0 aromatic heterocycles. The highest BCUT2D eigenvalue weighted by Gasteiger charge is 2.26. The van der Waals surface area contributed by atoms with E-state index in [1.165, 1.54) is 0 Å². The van der Waals surface area contributed by atoms with Crippen LogP contribution in [0.15, 0.2) is 0 Å². The molecule has 2 N–H and O–H groups in total. The second-order valence-electron chi connectivity index (χ2n) is 2.70. The van der Waals surface area contributed by atoms with Crippen LogP contribution in [0.2, 0.25) is 0 Å². The molecule has 1 saturated heterocycles. The van der Waals surface area contributed by atoms with Crippen molar-refractivity contribution in [1.82, 2.24) is 0 Å². The summed E-state index contributed by atoms with van der Waals surface area (Å²) >= 11 is 0. The Morgan fingerprint density at radius 1 is 1.40 bits per heavy atom. The Kier molecular flexibility index (Phi) is 2.65. The molecule has 1 unspecified atom stereocenters. The molecule has 0 amide bonds. The van der Waals surface area contributed by atoms with Crippen LogP contribution in [0.1, 0.15) is 26.2 Å². The lowest BCUT2D eigenvalue weighted by Crippen LogP contribution is -2.38. The summed E-state index contributed by atoms with van der Waals surface area (Å²) in [5.74, 6) is 0. The molecule has 0 radical (unpaired) electrons. The van der Waals surface area contributed by atoms with Crippen molar-refractivity contribution in [3.63, 3.8) is 0 Å². The van der Waals surface area contributed by atoms with E-state index in [2.05, 4.69) is 0 Å². The average molecular weight is 146 g/mol.